The number of nitrogens with one attached hydrogen (secondary N) is 3. The van der Waals surface area contributed by atoms with Crippen LogP contribution < -0.4 is 10.6 Å². The van der Waals surface area contributed by atoms with Crippen LogP contribution in [0.2, 0.25) is 0 Å². The number of H-pyrrole nitrogens is 1. The molecule has 162 valence electrons. The largest absolute Gasteiger partial charge is 0.395 e. The number of nitrogens with zero attached hydrogens (tertiary/aromatic N) is 5. The van der Waals surface area contributed by atoms with Gasteiger partial charge in [-0.05, 0) is 18.9 Å². The van der Waals surface area contributed by atoms with Gasteiger partial charge in [-0.3, -0.25) is 0 Å². The first-order valence-corrected chi connectivity index (χ1v) is 11.5. The molecule has 0 aliphatic carbocycles. The maximum absolute atomic E-state index is 12.0. The minimum Gasteiger partial charge on any atom is -0.395 e. The Labute approximate surface area is 175 Å². The number of aromatic nitrogens is 5. The van der Waals surface area contributed by atoms with E-state index >= 15 is 0 Å². The lowest BCUT2D eigenvalue weighted by Crippen LogP contribution is -2.44. The number of hydrogen-bond acceptors (Lipinski definition) is 9. The van der Waals surface area contributed by atoms with E-state index in [0.717, 1.165) is 18.4 Å². The summed E-state index contributed by atoms with van der Waals surface area (Å²) >= 11 is 0. The van der Waals surface area contributed by atoms with Crippen LogP contribution in [0.5, 0.6) is 0 Å². The predicted octanol–water partition coefficient (Wildman–Crippen LogP) is 0.901. The van der Waals surface area contributed by atoms with Gasteiger partial charge in [0.1, 0.15) is 11.3 Å². The van der Waals surface area contributed by atoms with E-state index in [0.29, 0.717) is 48.3 Å². The maximum atomic E-state index is 12.0. The van der Waals surface area contributed by atoms with Crippen LogP contribution in [-0.2, 0) is 10.0 Å². The number of piperidine rings is 1. The van der Waals surface area contributed by atoms with E-state index in [1.807, 2.05) is 6.07 Å². The zero-order valence-electron chi connectivity index (χ0n) is 16.5. The summed E-state index contributed by atoms with van der Waals surface area (Å²) in [7, 11) is -3.26. The third-order valence-corrected chi connectivity index (χ3v) is 6.18. The fourth-order valence-electron chi connectivity index (χ4n) is 3.45. The van der Waals surface area contributed by atoms with Crippen molar-refractivity contribution in [3.8, 4) is 11.3 Å². The van der Waals surface area contributed by atoms with Gasteiger partial charge in [-0.25, -0.2) is 27.7 Å². The average Bonchev–Trinajstić information content (AvgIpc) is 3.20. The highest BCUT2D eigenvalue weighted by Crippen LogP contribution is 2.28. The van der Waals surface area contributed by atoms with E-state index in [4.69, 9.17) is 5.11 Å². The van der Waals surface area contributed by atoms with Crippen molar-refractivity contribution >= 4 is 33.0 Å². The zero-order valence-corrected chi connectivity index (χ0v) is 17.4. The van der Waals surface area contributed by atoms with Crippen LogP contribution in [0, 0.1) is 0 Å². The van der Waals surface area contributed by atoms with Crippen molar-refractivity contribution in [1.29, 1.82) is 0 Å². The molecule has 4 rings (SSSR count). The quantitative estimate of drug-likeness (QED) is 0.425. The average molecular weight is 435 g/mol. The van der Waals surface area contributed by atoms with Gasteiger partial charge >= 0.3 is 0 Å². The summed E-state index contributed by atoms with van der Waals surface area (Å²) in [5, 5.41) is 15.4. The standard InChI is InChI=1S/C18H24N8O3S.H2/c1-30(28,29)26-7-2-3-12(11-26)23-16-13(9-22-18(25-16)20-6-8-27)15-10-21-17-14(24-15)4-5-19-17;/h4-5,9-10,12,27H,2-3,6-8,11H2,1H3,(H,19,21)(H2,20,22,23,25);1H/t12-;/m0./s1. The minimum absolute atomic E-state index is 0. The highest BCUT2D eigenvalue weighted by Gasteiger charge is 2.27. The summed E-state index contributed by atoms with van der Waals surface area (Å²) in [5.74, 6) is 0.900. The molecule has 30 heavy (non-hydrogen) atoms. The molecule has 0 spiro atoms. The number of anilines is 2. The summed E-state index contributed by atoms with van der Waals surface area (Å²) in [5.41, 5.74) is 2.68. The molecule has 3 aromatic heterocycles. The smallest absolute Gasteiger partial charge is 0.224 e. The van der Waals surface area contributed by atoms with Crippen LogP contribution >= 0.6 is 0 Å². The van der Waals surface area contributed by atoms with Gasteiger partial charge in [0.25, 0.3) is 0 Å². The highest BCUT2D eigenvalue weighted by molar-refractivity contribution is 7.88. The first-order valence-electron chi connectivity index (χ1n) is 9.68. The van der Waals surface area contributed by atoms with Gasteiger partial charge in [0.2, 0.25) is 16.0 Å². The first kappa shape index (κ1) is 20.4. The molecular weight excluding hydrogens is 408 g/mol. The summed E-state index contributed by atoms with van der Waals surface area (Å²) in [4.78, 5) is 20.9. The second-order valence-corrected chi connectivity index (χ2v) is 9.16. The van der Waals surface area contributed by atoms with E-state index in [-0.39, 0.29) is 14.1 Å². The third kappa shape index (κ3) is 4.50. The van der Waals surface area contributed by atoms with Crippen molar-refractivity contribution in [2.45, 2.75) is 18.9 Å². The van der Waals surface area contributed by atoms with Crippen molar-refractivity contribution in [3.63, 3.8) is 0 Å². The molecule has 1 saturated heterocycles. The molecule has 11 nitrogen and oxygen atoms in total. The topological polar surface area (TPSA) is 149 Å². The number of aliphatic hydroxyl groups is 1. The summed E-state index contributed by atoms with van der Waals surface area (Å²) in [6.07, 6.45) is 7.87. The molecule has 0 unspecified atom stereocenters. The Kier molecular flexibility index (Phi) is 5.79. The van der Waals surface area contributed by atoms with Gasteiger partial charge < -0.3 is 20.7 Å². The second-order valence-electron chi connectivity index (χ2n) is 7.18. The second kappa shape index (κ2) is 8.50. The van der Waals surface area contributed by atoms with Crippen molar-refractivity contribution in [3.05, 3.63) is 24.7 Å². The van der Waals surface area contributed by atoms with Crippen LogP contribution in [0.15, 0.2) is 24.7 Å². The molecule has 0 aromatic carbocycles. The Bertz CT molecular complexity index is 1140. The van der Waals surface area contributed by atoms with E-state index < -0.39 is 10.0 Å². The predicted molar refractivity (Wildman–Crippen MR) is 116 cm³/mol. The molecule has 1 fully saturated rings. The van der Waals surface area contributed by atoms with Gasteiger partial charge in [-0.2, -0.15) is 4.98 Å². The van der Waals surface area contributed by atoms with Crippen molar-refractivity contribution in [2.24, 2.45) is 0 Å². The van der Waals surface area contributed by atoms with Crippen molar-refractivity contribution in [2.75, 3.05) is 43.1 Å². The molecule has 0 bridgehead atoms. The summed E-state index contributed by atoms with van der Waals surface area (Å²) < 4.78 is 25.4. The van der Waals surface area contributed by atoms with Gasteiger partial charge in [0.15, 0.2) is 5.65 Å². The van der Waals surface area contributed by atoms with Crippen LogP contribution in [0.25, 0.3) is 22.4 Å². The highest BCUT2D eigenvalue weighted by atomic mass is 32.2. The Morgan fingerprint density at radius 3 is 3.00 bits per heavy atom. The van der Waals surface area contributed by atoms with Crippen LogP contribution in [0.4, 0.5) is 11.8 Å². The fraction of sp³-hybridized carbons (Fsp3) is 0.444. The number of aliphatic hydroxyl groups excluding tert-OH is 1. The van der Waals surface area contributed by atoms with Crippen LogP contribution in [0.3, 0.4) is 0 Å². The van der Waals surface area contributed by atoms with E-state index in [9.17, 15) is 8.42 Å². The molecule has 3 aromatic rings. The van der Waals surface area contributed by atoms with Gasteiger partial charge in [0, 0.05) is 39.5 Å². The minimum atomic E-state index is -3.26. The van der Waals surface area contributed by atoms with E-state index in [1.165, 1.54) is 10.6 Å². The fourth-order valence-corrected chi connectivity index (χ4v) is 4.36. The summed E-state index contributed by atoms with van der Waals surface area (Å²) in [6.45, 7) is 1.16. The lowest BCUT2D eigenvalue weighted by atomic mass is 10.1. The molecule has 12 heteroatoms. The van der Waals surface area contributed by atoms with Gasteiger partial charge in [-0.1, -0.05) is 0 Å². The van der Waals surface area contributed by atoms with Crippen molar-refractivity contribution < 1.29 is 15.0 Å². The third-order valence-electron chi connectivity index (χ3n) is 4.91. The Morgan fingerprint density at radius 1 is 1.33 bits per heavy atom. The molecule has 1 aliphatic rings. The zero-order chi connectivity index (χ0) is 21.1. The number of aromatic amines is 1. The molecule has 0 amide bonds. The normalized spacial score (nSPS) is 17.9. The monoisotopic (exact) mass is 434 g/mol. The lowest BCUT2D eigenvalue weighted by Gasteiger charge is -2.32. The summed E-state index contributed by atoms with van der Waals surface area (Å²) in [6, 6.07) is 1.74. The number of fused-ring (bicyclic) bond motifs is 1. The Hall–Kier alpha value is -2.83. The molecule has 1 atom stereocenters. The van der Waals surface area contributed by atoms with E-state index in [1.54, 1.807) is 18.6 Å². The number of hydrogen-bond donors (Lipinski definition) is 4. The molecular formula is C18H26N8O3S. The van der Waals surface area contributed by atoms with Crippen LogP contribution in [-0.4, -0.2) is 81.3 Å². The van der Waals surface area contributed by atoms with E-state index in [2.05, 4.69) is 35.6 Å². The molecule has 0 saturated carbocycles. The number of sulfonamides is 1. The van der Waals surface area contributed by atoms with Gasteiger partial charge in [-0.15, -0.1) is 0 Å². The molecule has 0 radical (unpaired) electrons. The maximum Gasteiger partial charge on any atom is 0.224 e. The Morgan fingerprint density at radius 2 is 2.20 bits per heavy atom. The molecule has 1 aliphatic heterocycles. The first-order chi connectivity index (χ1) is 14.4. The van der Waals surface area contributed by atoms with Crippen molar-refractivity contribution in [1.82, 2.24) is 29.2 Å². The molecule has 4 N–H and O–H groups in total. The SMILES string of the molecule is CS(=O)(=O)N1CCC[C@H](Nc2nc(NCCO)ncc2-c2cnc3[nH]ccc3n2)C1.[HH]. The van der Waals surface area contributed by atoms with Crippen LogP contribution in [0.1, 0.15) is 14.3 Å². The molecule has 4 heterocycles. The number of rotatable bonds is 7. The Balaban J connectivity index is 0.00000272. The lowest BCUT2D eigenvalue weighted by molar-refractivity contribution is 0.311. The van der Waals surface area contributed by atoms with Gasteiger partial charge in [0.05, 0.1) is 30.3 Å².